The van der Waals surface area contributed by atoms with Crippen LogP contribution in [0.15, 0.2) is 59.8 Å². The van der Waals surface area contributed by atoms with Crippen molar-refractivity contribution in [2.75, 3.05) is 36.5 Å². The average molecular weight is 401 g/mol. The summed E-state index contributed by atoms with van der Waals surface area (Å²) in [5, 5.41) is 4.37. The molecule has 1 aliphatic heterocycles. The van der Waals surface area contributed by atoms with Gasteiger partial charge in [-0.1, -0.05) is 18.2 Å². The van der Waals surface area contributed by atoms with Gasteiger partial charge in [-0.05, 0) is 12.1 Å². The molecule has 9 heteroatoms. The molecule has 0 radical (unpaired) electrons. The van der Waals surface area contributed by atoms with Crippen LogP contribution in [0.2, 0.25) is 0 Å². The Bertz CT molecular complexity index is 1230. The molecule has 2 N–H and O–H groups in total. The zero-order chi connectivity index (χ0) is 20.3. The minimum Gasteiger partial charge on any atom is -0.378 e. The number of hydrogen-bond donors (Lipinski definition) is 2. The van der Waals surface area contributed by atoms with E-state index in [0.29, 0.717) is 49.3 Å². The van der Waals surface area contributed by atoms with Crippen molar-refractivity contribution >= 4 is 28.4 Å². The van der Waals surface area contributed by atoms with E-state index in [-0.39, 0.29) is 0 Å². The third-order valence-electron chi connectivity index (χ3n) is 4.84. The summed E-state index contributed by atoms with van der Waals surface area (Å²) in [6.45, 7) is 2.69. The van der Waals surface area contributed by atoms with Gasteiger partial charge in [0.25, 0.3) is 0 Å². The summed E-state index contributed by atoms with van der Waals surface area (Å²) in [5.41, 5.74) is 2.71. The molecule has 0 aliphatic carbocycles. The van der Waals surface area contributed by atoms with Crippen LogP contribution in [0, 0.1) is 0 Å². The summed E-state index contributed by atoms with van der Waals surface area (Å²) in [6.07, 6.45) is 4.88. The van der Waals surface area contributed by atoms with Crippen molar-refractivity contribution in [3.63, 3.8) is 0 Å². The molecule has 1 aromatic carbocycles. The maximum Gasteiger partial charge on any atom is 0.344 e. The van der Waals surface area contributed by atoms with Crippen molar-refractivity contribution in [2.45, 2.75) is 0 Å². The average Bonchev–Trinajstić information content (AvgIpc) is 2.80. The van der Waals surface area contributed by atoms with Gasteiger partial charge in [-0.2, -0.15) is 4.98 Å². The second-order valence-corrected chi connectivity index (χ2v) is 6.89. The molecule has 0 saturated carbocycles. The van der Waals surface area contributed by atoms with Crippen LogP contribution in [0.3, 0.4) is 0 Å². The lowest BCUT2D eigenvalue weighted by atomic mass is 10.2. The largest absolute Gasteiger partial charge is 0.378 e. The number of aromatic amines is 1. The molecule has 4 heterocycles. The normalized spacial score (nSPS) is 14.1. The van der Waals surface area contributed by atoms with Crippen LogP contribution < -0.4 is 15.9 Å². The molecule has 5 rings (SSSR count). The summed E-state index contributed by atoms with van der Waals surface area (Å²) in [6, 6.07) is 11.8. The predicted molar refractivity (Wildman–Crippen MR) is 114 cm³/mol. The Hall–Kier alpha value is -3.85. The van der Waals surface area contributed by atoms with Gasteiger partial charge in [-0.25, -0.2) is 14.8 Å². The van der Waals surface area contributed by atoms with Crippen LogP contribution >= 0.6 is 0 Å². The zero-order valence-corrected chi connectivity index (χ0v) is 16.1. The van der Waals surface area contributed by atoms with Gasteiger partial charge in [-0.15, -0.1) is 0 Å². The van der Waals surface area contributed by atoms with Crippen molar-refractivity contribution < 1.29 is 4.74 Å². The van der Waals surface area contributed by atoms with Gasteiger partial charge in [-0.3, -0.25) is 4.98 Å². The highest BCUT2D eigenvalue weighted by Gasteiger charge is 2.17. The van der Waals surface area contributed by atoms with Crippen molar-refractivity contribution in [2.24, 2.45) is 0 Å². The molecule has 0 unspecified atom stereocenters. The maximum atomic E-state index is 11.3. The number of benzene rings is 1. The number of fused-ring (bicyclic) bond motifs is 1. The fourth-order valence-electron chi connectivity index (χ4n) is 3.32. The van der Waals surface area contributed by atoms with Crippen LogP contribution in [0.4, 0.5) is 17.5 Å². The molecule has 3 aromatic heterocycles. The fraction of sp³-hybridized carbons (Fsp3) is 0.190. The molecule has 0 spiro atoms. The van der Waals surface area contributed by atoms with Crippen molar-refractivity contribution in [3.05, 3.63) is 65.5 Å². The number of anilines is 3. The van der Waals surface area contributed by atoms with Crippen molar-refractivity contribution in [3.8, 4) is 11.3 Å². The van der Waals surface area contributed by atoms with Crippen molar-refractivity contribution in [1.29, 1.82) is 0 Å². The number of morpholine rings is 1. The van der Waals surface area contributed by atoms with E-state index in [1.54, 1.807) is 12.4 Å². The Morgan fingerprint density at radius 3 is 2.73 bits per heavy atom. The highest BCUT2D eigenvalue weighted by Crippen LogP contribution is 2.25. The van der Waals surface area contributed by atoms with E-state index in [2.05, 4.69) is 25.2 Å². The molecular weight excluding hydrogens is 382 g/mol. The molecule has 1 aliphatic rings. The minimum absolute atomic E-state index is 0.401. The number of hydrogen-bond acceptors (Lipinski definition) is 8. The highest BCUT2D eigenvalue weighted by atomic mass is 16.5. The van der Waals surface area contributed by atoms with Gasteiger partial charge < -0.3 is 19.9 Å². The lowest BCUT2D eigenvalue weighted by molar-refractivity contribution is 0.122. The highest BCUT2D eigenvalue weighted by molar-refractivity contribution is 5.82. The number of H-pyrrole nitrogens is 1. The number of nitrogens with zero attached hydrogens (tertiary/aromatic N) is 5. The number of para-hydroxylation sites is 1. The first-order valence-electron chi connectivity index (χ1n) is 9.63. The van der Waals surface area contributed by atoms with E-state index in [4.69, 9.17) is 14.7 Å². The van der Waals surface area contributed by atoms with E-state index in [1.165, 1.54) is 6.20 Å². The second kappa shape index (κ2) is 7.88. The Morgan fingerprint density at radius 2 is 1.90 bits per heavy atom. The molecule has 30 heavy (non-hydrogen) atoms. The number of ether oxygens (including phenoxy) is 1. The third kappa shape index (κ3) is 3.83. The smallest absolute Gasteiger partial charge is 0.344 e. The van der Waals surface area contributed by atoms with E-state index >= 15 is 0 Å². The topological polar surface area (TPSA) is 109 Å². The van der Waals surface area contributed by atoms with E-state index in [9.17, 15) is 4.79 Å². The molecule has 150 valence electrons. The molecule has 4 aromatic rings. The van der Waals surface area contributed by atoms with Crippen LogP contribution in [0.5, 0.6) is 0 Å². The second-order valence-electron chi connectivity index (χ2n) is 6.89. The van der Waals surface area contributed by atoms with Gasteiger partial charge in [0, 0.05) is 42.5 Å². The summed E-state index contributed by atoms with van der Waals surface area (Å²) in [4.78, 5) is 33.7. The number of nitrogens with one attached hydrogen (secondary N) is 2. The van der Waals surface area contributed by atoms with Crippen molar-refractivity contribution in [1.82, 2.24) is 24.9 Å². The Morgan fingerprint density at radius 1 is 1.03 bits per heavy atom. The quantitative estimate of drug-likeness (QED) is 0.536. The van der Waals surface area contributed by atoms with Crippen LogP contribution in [0.1, 0.15) is 0 Å². The SMILES string of the molecule is O=c1ncc(-c2cc(Nc3cnc4ccccc4c3)nc(N3CCOCC3)n2)c[nH]1. The van der Waals surface area contributed by atoms with E-state index in [0.717, 1.165) is 16.6 Å². The van der Waals surface area contributed by atoms with Crippen LogP contribution in [-0.2, 0) is 4.74 Å². The number of aromatic nitrogens is 5. The lowest BCUT2D eigenvalue weighted by Crippen LogP contribution is -2.37. The number of pyridine rings is 1. The molecular formula is C21H19N7O2. The van der Waals surface area contributed by atoms with Gasteiger partial charge >= 0.3 is 5.69 Å². The zero-order valence-electron chi connectivity index (χ0n) is 16.1. The molecule has 1 fully saturated rings. The summed E-state index contributed by atoms with van der Waals surface area (Å²) >= 11 is 0. The lowest BCUT2D eigenvalue weighted by Gasteiger charge is -2.27. The summed E-state index contributed by atoms with van der Waals surface area (Å²) in [7, 11) is 0. The summed E-state index contributed by atoms with van der Waals surface area (Å²) < 4.78 is 5.45. The van der Waals surface area contributed by atoms with Gasteiger partial charge in [0.05, 0.1) is 36.3 Å². The van der Waals surface area contributed by atoms with E-state index in [1.807, 2.05) is 36.4 Å². The van der Waals surface area contributed by atoms with E-state index < -0.39 is 5.69 Å². The Labute approximate surface area is 171 Å². The van der Waals surface area contributed by atoms with Gasteiger partial charge in [0.15, 0.2) is 0 Å². The monoisotopic (exact) mass is 401 g/mol. The van der Waals surface area contributed by atoms with Gasteiger partial charge in [0.1, 0.15) is 5.82 Å². The summed E-state index contributed by atoms with van der Waals surface area (Å²) in [5.74, 6) is 1.23. The van der Waals surface area contributed by atoms with Crippen LogP contribution in [-0.4, -0.2) is 51.2 Å². The molecule has 0 amide bonds. The van der Waals surface area contributed by atoms with Gasteiger partial charge in [0.2, 0.25) is 5.95 Å². The predicted octanol–water partition coefficient (Wildman–Crippen LogP) is 2.36. The molecule has 9 nitrogen and oxygen atoms in total. The fourth-order valence-corrected chi connectivity index (χ4v) is 3.32. The standard InChI is InChI=1S/C21H19N7O2/c29-21-23-11-15(12-24-21)18-10-19(27-20(26-18)28-5-7-30-8-6-28)25-16-9-14-3-1-2-4-17(14)22-13-16/h1-4,9-13H,5-8H2,(H,23,24,29)(H,25,26,27). The minimum atomic E-state index is -0.401. The molecule has 0 atom stereocenters. The first-order chi connectivity index (χ1) is 14.7. The molecule has 1 saturated heterocycles. The first-order valence-corrected chi connectivity index (χ1v) is 9.63. The molecule has 0 bridgehead atoms. The maximum absolute atomic E-state index is 11.3. The number of rotatable bonds is 4. The first kappa shape index (κ1) is 18.2. The Kier molecular flexibility index (Phi) is 4.78. The third-order valence-corrected chi connectivity index (χ3v) is 4.84. The Balaban J connectivity index is 1.54. The van der Waals surface area contributed by atoms with Crippen LogP contribution in [0.25, 0.3) is 22.2 Å².